The highest BCUT2D eigenvalue weighted by Gasteiger charge is 2.30. The summed E-state index contributed by atoms with van der Waals surface area (Å²) in [6.45, 7) is 6.88. The highest BCUT2D eigenvalue weighted by Crippen LogP contribution is 2.26. The maximum absolute atomic E-state index is 14.0. The molecule has 0 radical (unpaired) electrons. The lowest BCUT2D eigenvalue weighted by Gasteiger charge is -2.33. The Hall–Kier alpha value is -3.13. The van der Waals surface area contributed by atoms with E-state index in [-0.39, 0.29) is 23.0 Å². The second-order valence-electron chi connectivity index (χ2n) is 9.46. The van der Waals surface area contributed by atoms with Crippen molar-refractivity contribution in [2.75, 3.05) is 39.4 Å². The maximum Gasteiger partial charge on any atom is 0.292 e. The third kappa shape index (κ3) is 4.98. The van der Waals surface area contributed by atoms with E-state index in [4.69, 9.17) is 9.47 Å². The number of aromatic nitrogens is 1. The molecule has 8 heteroatoms. The Morgan fingerprint density at radius 1 is 1.03 bits per heavy atom. The number of carbonyl (C=O) groups is 1. The molecule has 1 fully saturated rings. The van der Waals surface area contributed by atoms with Crippen LogP contribution in [0.4, 0.5) is 4.39 Å². The van der Waals surface area contributed by atoms with E-state index < -0.39 is 0 Å². The largest absolute Gasteiger partial charge is 0.491 e. The van der Waals surface area contributed by atoms with Gasteiger partial charge in [0.25, 0.3) is 11.5 Å². The summed E-state index contributed by atoms with van der Waals surface area (Å²) in [5.74, 6) is 0.168. The molecule has 0 unspecified atom stereocenters. The molecule has 0 spiro atoms. The number of likely N-dealkylation sites (tertiary alicyclic amines) is 1. The molecule has 0 aliphatic carbocycles. The highest BCUT2D eigenvalue weighted by atomic mass is 19.1. The number of nitrogens with zero attached hydrogens (tertiary/aromatic N) is 3. The molecule has 0 atom stereocenters. The van der Waals surface area contributed by atoms with Gasteiger partial charge in [-0.2, -0.15) is 0 Å². The second kappa shape index (κ2) is 10.2. The van der Waals surface area contributed by atoms with Crippen LogP contribution in [-0.4, -0.2) is 59.7 Å². The van der Waals surface area contributed by atoms with Crippen LogP contribution in [0.1, 0.15) is 37.4 Å². The Bertz CT molecular complexity index is 1200. The van der Waals surface area contributed by atoms with E-state index in [9.17, 15) is 14.0 Å². The lowest BCUT2D eigenvalue weighted by molar-refractivity contribution is -0.133. The summed E-state index contributed by atoms with van der Waals surface area (Å²) in [6.07, 6.45) is 4.21. The van der Waals surface area contributed by atoms with Crippen molar-refractivity contribution in [2.45, 2.75) is 45.7 Å². The Kier molecular flexibility index (Phi) is 6.90. The van der Waals surface area contributed by atoms with Crippen molar-refractivity contribution in [1.29, 1.82) is 0 Å². The van der Waals surface area contributed by atoms with Gasteiger partial charge in [-0.05, 0) is 62.2 Å². The molecule has 2 aromatic rings. The number of pyridine rings is 1. The standard InChI is InChI=1S/C27H32FN3O4/c1-19-25(35-15-14-34-19)27(33)30-11-8-24-21(18-30)17-23(20-6-5-7-22(28)16-20)26(32)31(24)13-12-29-9-3-2-4-10-29/h5-7,16-17H,2-4,8-15,18H2,1H3. The molecule has 0 bridgehead atoms. The first-order chi connectivity index (χ1) is 17.0. The van der Waals surface area contributed by atoms with Gasteiger partial charge in [0.2, 0.25) is 5.76 Å². The van der Waals surface area contributed by atoms with Crippen LogP contribution in [0.5, 0.6) is 0 Å². The van der Waals surface area contributed by atoms with Crippen molar-refractivity contribution in [3.8, 4) is 11.1 Å². The number of benzene rings is 1. The molecule has 1 aromatic carbocycles. The number of ether oxygens (including phenoxy) is 2. The summed E-state index contributed by atoms with van der Waals surface area (Å²) in [5.41, 5.74) is 2.79. The van der Waals surface area contributed by atoms with Crippen LogP contribution in [-0.2, 0) is 33.8 Å². The number of carbonyl (C=O) groups excluding carboxylic acids is 1. The first kappa shape index (κ1) is 23.6. The fourth-order valence-electron chi connectivity index (χ4n) is 5.28. The third-order valence-corrected chi connectivity index (χ3v) is 7.14. The molecular formula is C27H32FN3O4. The molecule has 186 valence electrons. The van der Waals surface area contributed by atoms with E-state index in [1.54, 1.807) is 24.0 Å². The van der Waals surface area contributed by atoms with Crippen LogP contribution >= 0.6 is 0 Å². The SMILES string of the molecule is CC1=C(C(=O)N2CCc3c(cc(-c4cccc(F)c4)c(=O)n3CCN3CCCCC3)C2)OCCO1. The molecule has 5 rings (SSSR count). The van der Waals surface area contributed by atoms with E-state index in [0.717, 1.165) is 30.9 Å². The Morgan fingerprint density at radius 3 is 2.60 bits per heavy atom. The van der Waals surface area contributed by atoms with Gasteiger partial charge in [-0.25, -0.2) is 4.39 Å². The number of allylic oxidation sites excluding steroid dienone is 1. The molecular weight excluding hydrogens is 449 g/mol. The summed E-state index contributed by atoms with van der Waals surface area (Å²) in [7, 11) is 0. The number of halogens is 1. The zero-order chi connectivity index (χ0) is 24.4. The second-order valence-corrected chi connectivity index (χ2v) is 9.46. The van der Waals surface area contributed by atoms with Gasteiger partial charge in [-0.1, -0.05) is 18.6 Å². The van der Waals surface area contributed by atoms with Gasteiger partial charge in [-0.15, -0.1) is 0 Å². The molecule has 0 N–H and O–H groups in total. The lowest BCUT2D eigenvalue weighted by Crippen LogP contribution is -2.42. The van der Waals surface area contributed by atoms with E-state index in [0.29, 0.717) is 56.2 Å². The summed E-state index contributed by atoms with van der Waals surface area (Å²) in [5, 5.41) is 0. The van der Waals surface area contributed by atoms with Crippen molar-refractivity contribution < 1.29 is 18.7 Å². The number of hydrogen-bond acceptors (Lipinski definition) is 5. The van der Waals surface area contributed by atoms with Crippen molar-refractivity contribution >= 4 is 5.91 Å². The summed E-state index contributed by atoms with van der Waals surface area (Å²) in [6, 6.07) is 7.98. The number of fused-ring (bicyclic) bond motifs is 1. The third-order valence-electron chi connectivity index (χ3n) is 7.14. The quantitative estimate of drug-likeness (QED) is 0.656. The van der Waals surface area contributed by atoms with Gasteiger partial charge in [-0.3, -0.25) is 9.59 Å². The van der Waals surface area contributed by atoms with Crippen molar-refractivity contribution in [1.82, 2.24) is 14.4 Å². The monoisotopic (exact) mass is 481 g/mol. The van der Waals surface area contributed by atoms with Gasteiger partial charge in [0.05, 0.1) is 0 Å². The minimum atomic E-state index is -0.381. The Labute approximate surface area is 204 Å². The molecule has 1 amide bonds. The van der Waals surface area contributed by atoms with Crippen LogP contribution in [0.2, 0.25) is 0 Å². The minimum absolute atomic E-state index is 0.103. The first-order valence-electron chi connectivity index (χ1n) is 12.5. The molecule has 3 aliphatic heterocycles. The van der Waals surface area contributed by atoms with Gasteiger partial charge in [0.1, 0.15) is 24.8 Å². The summed E-state index contributed by atoms with van der Waals surface area (Å²) < 4.78 is 27.0. The molecule has 35 heavy (non-hydrogen) atoms. The smallest absolute Gasteiger partial charge is 0.292 e. The predicted octanol–water partition coefficient (Wildman–Crippen LogP) is 3.30. The fourth-order valence-corrected chi connectivity index (χ4v) is 5.28. The molecule has 7 nitrogen and oxygen atoms in total. The van der Waals surface area contributed by atoms with Crippen molar-refractivity contribution in [2.24, 2.45) is 0 Å². The zero-order valence-corrected chi connectivity index (χ0v) is 20.2. The average Bonchev–Trinajstić information content (AvgIpc) is 2.88. The van der Waals surface area contributed by atoms with Gasteiger partial charge in [0.15, 0.2) is 0 Å². The number of hydrogen-bond donors (Lipinski definition) is 0. The Balaban J connectivity index is 1.49. The minimum Gasteiger partial charge on any atom is -0.491 e. The molecule has 4 heterocycles. The maximum atomic E-state index is 14.0. The number of piperidine rings is 1. The molecule has 0 saturated carbocycles. The van der Waals surface area contributed by atoms with Crippen molar-refractivity contribution in [3.63, 3.8) is 0 Å². The summed E-state index contributed by atoms with van der Waals surface area (Å²) in [4.78, 5) is 31.0. The van der Waals surface area contributed by atoms with E-state index in [2.05, 4.69) is 4.90 Å². The van der Waals surface area contributed by atoms with Crippen LogP contribution in [0.15, 0.2) is 46.6 Å². The molecule has 1 aromatic heterocycles. The van der Waals surface area contributed by atoms with Gasteiger partial charge < -0.3 is 23.8 Å². The normalized spacial score (nSPS) is 18.6. The van der Waals surface area contributed by atoms with Crippen LogP contribution in [0.3, 0.4) is 0 Å². The molecule has 3 aliphatic rings. The van der Waals surface area contributed by atoms with Gasteiger partial charge >= 0.3 is 0 Å². The molecule has 1 saturated heterocycles. The fraction of sp³-hybridized carbons (Fsp3) is 0.481. The van der Waals surface area contributed by atoms with E-state index in [1.807, 2.05) is 10.6 Å². The zero-order valence-electron chi connectivity index (χ0n) is 20.2. The topological polar surface area (TPSA) is 64.0 Å². The predicted molar refractivity (Wildman–Crippen MR) is 130 cm³/mol. The van der Waals surface area contributed by atoms with Crippen molar-refractivity contribution in [3.05, 3.63) is 69.3 Å². The Morgan fingerprint density at radius 2 is 1.83 bits per heavy atom. The number of amides is 1. The summed E-state index contributed by atoms with van der Waals surface area (Å²) >= 11 is 0. The first-order valence-corrected chi connectivity index (χ1v) is 12.5. The lowest BCUT2D eigenvalue weighted by atomic mass is 9.98. The van der Waals surface area contributed by atoms with Crippen LogP contribution in [0, 0.1) is 5.82 Å². The van der Waals surface area contributed by atoms with Gasteiger partial charge in [0, 0.05) is 43.9 Å². The van der Waals surface area contributed by atoms with Crippen LogP contribution < -0.4 is 5.56 Å². The average molecular weight is 482 g/mol. The number of rotatable bonds is 5. The van der Waals surface area contributed by atoms with E-state index >= 15 is 0 Å². The van der Waals surface area contributed by atoms with E-state index in [1.165, 1.54) is 31.4 Å². The van der Waals surface area contributed by atoms with Crippen LogP contribution in [0.25, 0.3) is 11.1 Å². The highest BCUT2D eigenvalue weighted by molar-refractivity contribution is 5.92.